The average molecular weight is 356 g/mol. The monoisotopic (exact) mass is 356 g/mol. The molecule has 7 nitrogen and oxygen atoms in total. The van der Waals surface area contributed by atoms with Crippen molar-refractivity contribution in [3.05, 3.63) is 45.9 Å². The Morgan fingerprint density at radius 1 is 1.48 bits per heavy atom. The van der Waals surface area contributed by atoms with Gasteiger partial charge in [0.15, 0.2) is 0 Å². The summed E-state index contributed by atoms with van der Waals surface area (Å²) in [5.41, 5.74) is 1.43. The fourth-order valence-corrected chi connectivity index (χ4v) is 3.29. The second-order valence-electron chi connectivity index (χ2n) is 5.54. The molecule has 1 atom stereocenters. The highest BCUT2D eigenvalue weighted by Crippen LogP contribution is 2.24. The van der Waals surface area contributed by atoms with Crippen LogP contribution in [0, 0.1) is 18.3 Å². The van der Waals surface area contributed by atoms with E-state index in [1.54, 1.807) is 31.3 Å². The van der Waals surface area contributed by atoms with Gasteiger partial charge >= 0.3 is 11.8 Å². The number of morpholine rings is 1. The third-order valence-corrected chi connectivity index (χ3v) is 4.78. The minimum atomic E-state index is -0.762. The molecular formula is C17H16N4O3S. The van der Waals surface area contributed by atoms with Crippen LogP contribution in [0.5, 0.6) is 0 Å². The van der Waals surface area contributed by atoms with Gasteiger partial charge in [0.1, 0.15) is 17.2 Å². The molecule has 0 radical (unpaired) electrons. The van der Waals surface area contributed by atoms with E-state index in [4.69, 9.17) is 4.74 Å². The van der Waals surface area contributed by atoms with Crippen LogP contribution in [0.3, 0.4) is 0 Å². The third-order valence-electron chi connectivity index (χ3n) is 3.91. The molecule has 0 aliphatic carbocycles. The standard InChI is InChI=1S/C17H16N4O3S/c1-11-3-2-4-13(12(11)9-18)20-15(22)17(23)21-6-7-24-14(10-21)16-19-5-8-25-16/h2-5,8,14H,6-7,10H2,1H3,(H,20,22). The Balaban J connectivity index is 1.69. The van der Waals surface area contributed by atoms with Gasteiger partial charge in [0.25, 0.3) is 0 Å². The van der Waals surface area contributed by atoms with Gasteiger partial charge in [-0.25, -0.2) is 4.98 Å². The first kappa shape index (κ1) is 17.1. The van der Waals surface area contributed by atoms with Gasteiger partial charge in [-0.1, -0.05) is 12.1 Å². The van der Waals surface area contributed by atoms with E-state index in [-0.39, 0.29) is 12.6 Å². The van der Waals surface area contributed by atoms with Crippen molar-refractivity contribution in [1.82, 2.24) is 9.88 Å². The fraction of sp³-hybridized carbons (Fsp3) is 0.294. The number of aromatic nitrogens is 1. The number of hydrogen-bond acceptors (Lipinski definition) is 6. The van der Waals surface area contributed by atoms with Crippen LogP contribution in [0.1, 0.15) is 22.2 Å². The number of aryl methyl sites for hydroxylation is 1. The molecule has 1 aromatic carbocycles. The zero-order valence-electron chi connectivity index (χ0n) is 13.6. The van der Waals surface area contributed by atoms with Crippen molar-refractivity contribution in [2.24, 2.45) is 0 Å². The van der Waals surface area contributed by atoms with Crippen molar-refractivity contribution in [3.8, 4) is 6.07 Å². The van der Waals surface area contributed by atoms with Gasteiger partial charge in [0.2, 0.25) is 0 Å². The summed E-state index contributed by atoms with van der Waals surface area (Å²) in [7, 11) is 0. The van der Waals surface area contributed by atoms with E-state index in [1.165, 1.54) is 16.2 Å². The van der Waals surface area contributed by atoms with Crippen LogP contribution in [0.2, 0.25) is 0 Å². The highest BCUT2D eigenvalue weighted by Gasteiger charge is 2.30. The van der Waals surface area contributed by atoms with Crippen molar-refractivity contribution >= 4 is 28.8 Å². The molecule has 1 aliphatic rings. The minimum Gasteiger partial charge on any atom is -0.367 e. The van der Waals surface area contributed by atoms with Gasteiger partial charge < -0.3 is 15.0 Å². The number of thiazole rings is 1. The number of hydrogen-bond donors (Lipinski definition) is 1. The number of rotatable bonds is 2. The molecule has 2 amide bonds. The van der Waals surface area contributed by atoms with Crippen LogP contribution in [-0.2, 0) is 14.3 Å². The Kier molecular flexibility index (Phi) is 5.07. The summed E-state index contributed by atoms with van der Waals surface area (Å²) in [5, 5.41) is 14.4. The molecule has 8 heteroatoms. The predicted octanol–water partition coefficient (Wildman–Crippen LogP) is 1.86. The minimum absolute atomic E-state index is 0.276. The van der Waals surface area contributed by atoms with E-state index in [1.807, 2.05) is 11.4 Å². The topological polar surface area (TPSA) is 95.3 Å². The molecule has 1 unspecified atom stereocenters. The number of carbonyl (C=O) groups is 2. The quantitative estimate of drug-likeness (QED) is 0.829. The lowest BCUT2D eigenvalue weighted by Crippen LogP contribution is -2.46. The summed E-state index contributed by atoms with van der Waals surface area (Å²) < 4.78 is 5.63. The van der Waals surface area contributed by atoms with Crippen molar-refractivity contribution in [2.75, 3.05) is 25.0 Å². The summed E-state index contributed by atoms with van der Waals surface area (Å²) in [6.07, 6.45) is 1.36. The maximum Gasteiger partial charge on any atom is 0.313 e. The molecule has 1 aromatic heterocycles. The maximum absolute atomic E-state index is 12.5. The number of nitrogens with one attached hydrogen (secondary N) is 1. The van der Waals surface area contributed by atoms with E-state index < -0.39 is 11.8 Å². The molecule has 1 fully saturated rings. The molecule has 25 heavy (non-hydrogen) atoms. The zero-order chi connectivity index (χ0) is 17.8. The summed E-state index contributed by atoms with van der Waals surface area (Å²) >= 11 is 1.45. The molecule has 2 heterocycles. The normalized spacial score (nSPS) is 17.0. The van der Waals surface area contributed by atoms with Gasteiger partial charge in [-0.15, -0.1) is 11.3 Å². The number of nitrogens with zero attached hydrogens (tertiary/aromatic N) is 3. The molecule has 1 aliphatic heterocycles. The Hall–Kier alpha value is -2.76. The van der Waals surface area contributed by atoms with Crippen LogP contribution in [-0.4, -0.2) is 41.4 Å². The number of nitriles is 1. The Bertz CT molecular complexity index is 829. The molecule has 3 rings (SSSR count). The molecule has 1 saturated heterocycles. The largest absolute Gasteiger partial charge is 0.367 e. The highest BCUT2D eigenvalue weighted by molar-refractivity contribution is 7.09. The van der Waals surface area contributed by atoms with Crippen molar-refractivity contribution in [3.63, 3.8) is 0 Å². The van der Waals surface area contributed by atoms with Crippen molar-refractivity contribution < 1.29 is 14.3 Å². The average Bonchev–Trinajstić information content (AvgIpc) is 3.16. The number of benzene rings is 1. The highest BCUT2D eigenvalue weighted by atomic mass is 32.1. The Labute approximate surface area is 148 Å². The third kappa shape index (κ3) is 3.68. The molecule has 0 spiro atoms. The van der Waals surface area contributed by atoms with Crippen LogP contribution >= 0.6 is 11.3 Å². The van der Waals surface area contributed by atoms with Gasteiger partial charge in [-0.2, -0.15) is 5.26 Å². The fourth-order valence-electron chi connectivity index (χ4n) is 2.62. The summed E-state index contributed by atoms with van der Waals surface area (Å²) in [4.78, 5) is 30.4. The van der Waals surface area contributed by atoms with Gasteiger partial charge in [-0.05, 0) is 18.6 Å². The van der Waals surface area contributed by atoms with E-state index in [0.717, 1.165) is 10.6 Å². The summed E-state index contributed by atoms with van der Waals surface area (Å²) in [6.45, 7) is 2.74. The van der Waals surface area contributed by atoms with Gasteiger partial charge in [0.05, 0.1) is 24.4 Å². The first-order valence-corrected chi connectivity index (χ1v) is 8.59. The SMILES string of the molecule is Cc1cccc(NC(=O)C(=O)N2CCOC(c3nccs3)C2)c1C#N. The molecule has 128 valence electrons. The first-order chi connectivity index (χ1) is 12.1. The maximum atomic E-state index is 12.5. The summed E-state index contributed by atoms with van der Waals surface area (Å²) in [6, 6.07) is 7.15. The smallest absolute Gasteiger partial charge is 0.313 e. The van der Waals surface area contributed by atoms with Crippen LogP contribution in [0.15, 0.2) is 29.8 Å². The second-order valence-corrected chi connectivity index (χ2v) is 6.47. The zero-order valence-corrected chi connectivity index (χ0v) is 14.4. The number of ether oxygens (including phenoxy) is 1. The molecule has 1 N–H and O–H groups in total. The molecule has 2 aromatic rings. The lowest BCUT2D eigenvalue weighted by molar-refractivity contribution is -0.148. The van der Waals surface area contributed by atoms with Crippen molar-refractivity contribution in [1.29, 1.82) is 5.26 Å². The molecular weight excluding hydrogens is 340 g/mol. The lowest BCUT2D eigenvalue weighted by atomic mass is 10.1. The van der Waals surface area contributed by atoms with E-state index >= 15 is 0 Å². The second kappa shape index (κ2) is 7.42. The predicted molar refractivity (Wildman–Crippen MR) is 91.9 cm³/mol. The number of carbonyl (C=O) groups excluding carboxylic acids is 2. The van der Waals surface area contributed by atoms with E-state index in [9.17, 15) is 14.9 Å². The van der Waals surface area contributed by atoms with E-state index in [0.29, 0.717) is 24.4 Å². The van der Waals surface area contributed by atoms with Crippen LogP contribution in [0.25, 0.3) is 0 Å². The Morgan fingerprint density at radius 2 is 2.32 bits per heavy atom. The van der Waals surface area contributed by atoms with Gasteiger partial charge in [-0.3, -0.25) is 9.59 Å². The van der Waals surface area contributed by atoms with Gasteiger partial charge in [0, 0.05) is 18.1 Å². The van der Waals surface area contributed by atoms with Crippen molar-refractivity contribution in [2.45, 2.75) is 13.0 Å². The molecule has 0 bridgehead atoms. The van der Waals surface area contributed by atoms with E-state index in [2.05, 4.69) is 10.3 Å². The van der Waals surface area contributed by atoms with Crippen LogP contribution < -0.4 is 5.32 Å². The Morgan fingerprint density at radius 3 is 3.04 bits per heavy atom. The lowest BCUT2D eigenvalue weighted by Gasteiger charge is -2.31. The number of anilines is 1. The summed E-state index contributed by atoms with van der Waals surface area (Å²) in [5.74, 6) is -1.41. The first-order valence-electron chi connectivity index (χ1n) is 7.71. The number of amides is 2. The van der Waals surface area contributed by atoms with Crippen LogP contribution in [0.4, 0.5) is 5.69 Å². The molecule has 0 saturated carbocycles.